The molecule has 0 bridgehead atoms. The molecule has 0 aliphatic rings. The lowest BCUT2D eigenvalue weighted by Crippen LogP contribution is -2.13. The Balaban J connectivity index is 2.10. The molecule has 6 nitrogen and oxygen atoms in total. The van der Waals surface area contributed by atoms with Crippen LogP contribution >= 0.6 is 0 Å². The molecule has 0 saturated heterocycles. The van der Waals surface area contributed by atoms with Crippen molar-refractivity contribution in [2.75, 3.05) is 23.4 Å². The Labute approximate surface area is 116 Å². The van der Waals surface area contributed by atoms with Crippen molar-refractivity contribution in [3.8, 4) is 5.88 Å². The van der Waals surface area contributed by atoms with Gasteiger partial charge in [0.25, 0.3) is 5.91 Å². The quantitative estimate of drug-likeness (QED) is 0.737. The van der Waals surface area contributed by atoms with Gasteiger partial charge in [-0.1, -0.05) is 0 Å². The van der Waals surface area contributed by atoms with Crippen molar-refractivity contribution >= 4 is 23.0 Å². The molecule has 0 saturated carbocycles. The van der Waals surface area contributed by atoms with Gasteiger partial charge in [0.15, 0.2) is 0 Å². The normalized spacial score (nSPS) is 10.1. The first-order valence-corrected chi connectivity index (χ1v) is 6.14. The number of hydrogen-bond acceptors (Lipinski definition) is 5. The largest absolute Gasteiger partial charge is 0.478 e. The van der Waals surface area contributed by atoms with Gasteiger partial charge in [-0.3, -0.25) is 4.79 Å². The highest BCUT2D eigenvalue weighted by molar-refractivity contribution is 6.05. The van der Waals surface area contributed by atoms with E-state index in [9.17, 15) is 4.79 Å². The third kappa shape index (κ3) is 3.38. The Morgan fingerprint density at radius 1 is 1.25 bits per heavy atom. The van der Waals surface area contributed by atoms with E-state index in [1.807, 2.05) is 6.92 Å². The molecule has 5 N–H and O–H groups in total. The summed E-state index contributed by atoms with van der Waals surface area (Å²) in [5.41, 5.74) is 13.2. The zero-order valence-electron chi connectivity index (χ0n) is 11.1. The monoisotopic (exact) mass is 272 g/mol. The Morgan fingerprint density at radius 3 is 2.50 bits per heavy atom. The lowest BCUT2D eigenvalue weighted by molar-refractivity contribution is 0.102. The SMILES string of the molecule is CCOc1ccc(NC(=O)c2cc(N)cc(N)c2)cn1. The van der Waals surface area contributed by atoms with Crippen LogP contribution in [0, 0.1) is 0 Å². The van der Waals surface area contributed by atoms with E-state index < -0.39 is 0 Å². The predicted molar refractivity (Wildman–Crippen MR) is 78.6 cm³/mol. The van der Waals surface area contributed by atoms with E-state index in [4.69, 9.17) is 16.2 Å². The van der Waals surface area contributed by atoms with Gasteiger partial charge in [0.1, 0.15) is 0 Å². The topological polar surface area (TPSA) is 103 Å². The molecule has 0 aliphatic heterocycles. The van der Waals surface area contributed by atoms with Crippen LogP contribution in [0.1, 0.15) is 17.3 Å². The molecule has 6 heteroatoms. The van der Waals surface area contributed by atoms with Crippen LogP contribution in [0.15, 0.2) is 36.5 Å². The average Bonchev–Trinajstić information content (AvgIpc) is 2.40. The summed E-state index contributed by atoms with van der Waals surface area (Å²) in [6, 6.07) is 8.12. The maximum atomic E-state index is 12.0. The first-order valence-electron chi connectivity index (χ1n) is 6.14. The van der Waals surface area contributed by atoms with Gasteiger partial charge < -0.3 is 21.5 Å². The highest BCUT2D eigenvalue weighted by Gasteiger charge is 2.08. The van der Waals surface area contributed by atoms with Gasteiger partial charge in [0.2, 0.25) is 5.88 Å². The zero-order chi connectivity index (χ0) is 14.5. The number of nitrogens with one attached hydrogen (secondary N) is 1. The first-order chi connectivity index (χ1) is 9.58. The molecule has 1 amide bonds. The highest BCUT2D eigenvalue weighted by atomic mass is 16.5. The second-order valence-electron chi connectivity index (χ2n) is 4.16. The van der Waals surface area contributed by atoms with Crippen LogP contribution in [-0.4, -0.2) is 17.5 Å². The summed E-state index contributed by atoms with van der Waals surface area (Å²) in [6.07, 6.45) is 1.53. The molecular weight excluding hydrogens is 256 g/mol. The number of hydrogen-bond donors (Lipinski definition) is 3. The van der Waals surface area contributed by atoms with Gasteiger partial charge in [0, 0.05) is 23.0 Å². The van der Waals surface area contributed by atoms with Crippen LogP contribution in [0.4, 0.5) is 17.1 Å². The summed E-state index contributed by atoms with van der Waals surface area (Å²) in [6.45, 7) is 2.42. The van der Waals surface area contributed by atoms with E-state index >= 15 is 0 Å². The molecule has 2 aromatic rings. The number of amides is 1. The van der Waals surface area contributed by atoms with Gasteiger partial charge in [-0.2, -0.15) is 0 Å². The third-order valence-electron chi connectivity index (χ3n) is 2.53. The number of aromatic nitrogens is 1. The van der Waals surface area contributed by atoms with Crippen LogP contribution < -0.4 is 21.5 Å². The molecule has 0 spiro atoms. The maximum Gasteiger partial charge on any atom is 0.255 e. The number of rotatable bonds is 4. The van der Waals surface area contributed by atoms with Crippen LogP contribution in [0.5, 0.6) is 5.88 Å². The molecule has 0 aliphatic carbocycles. The van der Waals surface area contributed by atoms with E-state index in [1.54, 1.807) is 30.3 Å². The Hall–Kier alpha value is -2.76. The molecule has 1 heterocycles. The van der Waals surface area contributed by atoms with Gasteiger partial charge >= 0.3 is 0 Å². The molecule has 1 aromatic carbocycles. The molecule has 0 unspecified atom stereocenters. The number of nitrogen functional groups attached to an aromatic ring is 2. The minimum absolute atomic E-state index is 0.296. The maximum absolute atomic E-state index is 12.0. The minimum Gasteiger partial charge on any atom is -0.478 e. The van der Waals surface area contributed by atoms with Crippen LogP contribution in [-0.2, 0) is 0 Å². The van der Waals surface area contributed by atoms with Crippen molar-refractivity contribution in [2.24, 2.45) is 0 Å². The number of anilines is 3. The number of nitrogens with zero attached hydrogens (tertiary/aromatic N) is 1. The highest BCUT2D eigenvalue weighted by Crippen LogP contribution is 2.16. The molecule has 0 fully saturated rings. The summed E-state index contributed by atoms with van der Waals surface area (Å²) in [4.78, 5) is 16.1. The van der Waals surface area contributed by atoms with Crippen molar-refractivity contribution in [2.45, 2.75) is 6.92 Å². The van der Waals surface area contributed by atoms with Crippen LogP contribution in [0.25, 0.3) is 0 Å². The lowest BCUT2D eigenvalue weighted by Gasteiger charge is -2.07. The summed E-state index contributed by atoms with van der Waals surface area (Å²) < 4.78 is 5.23. The van der Waals surface area contributed by atoms with E-state index in [0.717, 1.165) is 0 Å². The van der Waals surface area contributed by atoms with Crippen molar-refractivity contribution in [3.05, 3.63) is 42.1 Å². The fourth-order valence-electron chi connectivity index (χ4n) is 1.70. The minimum atomic E-state index is -0.296. The standard InChI is InChI=1S/C14H16N4O2/c1-2-20-13-4-3-12(8-17-13)18-14(19)9-5-10(15)7-11(16)6-9/h3-8H,2,15-16H2,1H3,(H,18,19). The van der Waals surface area contributed by atoms with E-state index in [-0.39, 0.29) is 5.91 Å². The summed E-state index contributed by atoms with van der Waals surface area (Å²) >= 11 is 0. The summed E-state index contributed by atoms with van der Waals surface area (Å²) in [5, 5.41) is 2.71. The predicted octanol–water partition coefficient (Wildman–Crippen LogP) is 1.90. The Morgan fingerprint density at radius 2 is 1.95 bits per heavy atom. The van der Waals surface area contributed by atoms with Gasteiger partial charge in [-0.15, -0.1) is 0 Å². The molecule has 104 valence electrons. The molecule has 1 aromatic heterocycles. The number of pyridine rings is 1. The zero-order valence-corrected chi connectivity index (χ0v) is 11.1. The Bertz CT molecular complexity index is 591. The van der Waals surface area contributed by atoms with Crippen molar-refractivity contribution in [1.29, 1.82) is 0 Å². The van der Waals surface area contributed by atoms with Crippen LogP contribution in [0.2, 0.25) is 0 Å². The second-order valence-corrected chi connectivity index (χ2v) is 4.16. The molecule has 2 rings (SSSR count). The van der Waals surface area contributed by atoms with Gasteiger partial charge in [0.05, 0.1) is 18.5 Å². The molecule has 0 atom stereocenters. The second kappa shape index (κ2) is 5.92. The van der Waals surface area contributed by atoms with Gasteiger partial charge in [-0.25, -0.2) is 4.98 Å². The summed E-state index contributed by atoms with van der Waals surface area (Å²) in [5.74, 6) is 0.216. The molecular formula is C14H16N4O2. The molecule has 20 heavy (non-hydrogen) atoms. The number of benzene rings is 1. The fourth-order valence-corrected chi connectivity index (χ4v) is 1.70. The number of ether oxygens (including phenoxy) is 1. The molecule has 0 radical (unpaired) electrons. The van der Waals surface area contributed by atoms with Crippen molar-refractivity contribution in [3.63, 3.8) is 0 Å². The van der Waals surface area contributed by atoms with E-state index in [1.165, 1.54) is 6.20 Å². The first kappa shape index (κ1) is 13.7. The number of nitrogens with two attached hydrogens (primary N) is 2. The van der Waals surface area contributed by atoms with E-state index in [0.29, 0.717) is 35.1 Å². The van der Waals surface area contributed by atoms with Crippen LogP contribution in [0.3, 0.4) is 0 Å². The van der Waals surface area contributed by atoms with E-state index in [2.05, 4.69) is 10.3 Å². The lowest BCUT2D eigenvalue weighted by atomic mass is 10.1. The fraction of sp³-hybridized carbons (Fsp3) is 0.143. The third-order valence-corrected chi connectivity index (χ3v) is 2.53. The van der Waals surface area contributed by atoms with Gasteiger partial charge in [-0.05, 0) is 31.2 Å². The smallest absolute Gasteiger partial charge is 0.255 e. The summed E-state index contributed by atoms with van der Waals surface area (Å²) in [7, 11) is 0. The Kier molecular flexibility index (Phi) is 4.05. The van der Waals surface area contributed by atoms with Crippen molar-refractivity contribution < 1.29 is 9.53 Å². The number of carbonyl (C=O) groups is 1. The average molecular weight is 272 g/mol. The van der Waals surface area contributed by atoms with Crippen molar-refractivity contribution in [1.82, 2.24) is 4.98 Å². The number of carbonyl (C=O) groups excluding carboxylic acids is 1.